The van der Waals surface area contributed by atoms with E-state index in [-0.39, 0.29) is 12.5 Å². The van der Waals surface area contributed by atoms with Crippen LogP contribution in [-0.2, 0) is 11.3 Å². The van der Waals surface area contributed by atoms with Crippen LogP contribution < -0.4 is 5.32 Å². The number of amides is 1. The van der Waals surface area contributed by atoms with Crippen LogP contribution in [0.2, 0.25) is 0 Å². The lowest BCUT2D eigenvalue weighted by molar-refractivity contribution is -0.121. The number of aliphatic hydroxyl groups excluding tert-OH is 1. The number of benzene rings is 1. The standard InChI is InChI=1S/C12H14N2O2/c13-8-10-3-5-11(6-4-10)9-14-12(16)2-1-7-15/h3-6,15H,1-2,7,9H2,(H,14,16). The third-order valence-corrected chi connectivity index (χ3v) is 2.13. The summed E-state index contributed by atoms with van der Waals surface area (Å²) in [6.45, 7) is 0.486. The highest BCUT2D eigenvalue weighted by Gasteiger charge is 2.00. The van der Waals surface area contributed by atoms with Crippen molar-refractivity contribution in [3.05, 3.63) is 35.4 Å². The summed E-state index contributed by atoms with van der Waals surface area (Å²) >= 11 is 0. The lowest BCUT2D eigenvalue weighted by Gasteiger charge is -2.04. The van der Waals surface area contributed by atoms with Gasteiger partial charge in [-0.15, -0.1) is 0 Å². The molecule has 0 spiro atoms. The first kappa shape index (κ1) is 12.2. The van der Waals surface area contributed by atoms with Gasteiger partial charge in [-0.05, 0) is 24.1 Å². The van der Waals surface area contributed by atoms with Gasteiger partial charge in [0, 0.05) is 19.6 Å². The highest BCUT2D eigenvalue weighted by Crippen LogP contribution is 2.02. The first-order chi connectivity index (χ1) is 7.76. The van der Waals surface area contributed by atoms with Crippen LogP contribution in [0.5, 0.6) is 0 Å². The van der Waals surface area contributed by atoms with Gasteiger partial charge >= 0.3 is 0 Å². The molecule has 1 aromatic rings. The summed E-state index contributed by atoms with van der Waals surface area (Å²) in [5.41, 5.74) is 1.56. The average molecular weight is 218 g/mol. The van der Waals surface area contributed by atoms with Crippen LogP contribution in [0, 0.1) is 11.3 Å². The van der Waals surface area contributed by atoms with E-state index >= 15 is 0 Å². The number of aliphatic hydroxyl groups is 1. The molecule has 4 nitrogen and oxygen atoms in total. The first-order valence-electron chi connectivity index (χ1n) is 5.13. The molecule has 0 aliphatic rings. The SMILES string of the molecule is N#Cc1ccc(CNC(=O)CCCO)cc1. The Morgan fingerprint density at radius 3 is 2.62 bits per heavy atom. The van der Waals surface area contributed by atoms with Gasteiger partial charge in [-0.2, -0.15) is 5.26 Å². The van der Waals surface area contributed by atoms with E-state index in [9.17, 15) is 4.79 Å². The molecule has 0 aliphatic heterocycles. The van der Waals surface area contributed by atoms with Crippen molar-refractivity contribution in [1.29, 1.82) is 5.26 Å². The normalized spacial score (nSPS) is 9.50. The van der Waals surface area contributed by atoms with Gasteiger partial charge in [0.2, 0.25) is 5.91 Å². The lowest BCUT2D eigenvalue weighted by atomic mass is 10.1. The molecule has 0 aliphatic carbocycles. The van der Waals surface area contributed by atoms with Crippen molar-refractivity contribution in [2.24, 2.45) is 0 Å². The summed E-state index contributed by atoms with van der Waals surface area (Å²) in [6, 6.07) is 9.09. The Kier molecular flexibility index (Phi) is 5.03. The lowest BCUT2D eigenvalue weighted by Crippen LogP contribution is -2.22. The van der Waals surface area contributed by atoms with Crippen LogP contribution in [0.15, 0.2) is 24.3 Å². The number of hydrogen-bond donors (Lipinski definition) is 2. The van der Waals surface area contributed by atoms with E-state index in [4.69, 9.17) is 10.4 Å². The Hall–Kier alpha value is -1.86. The fraction of sp³-hybridized carbons (Fsp3) is 0.333. The molecule has 0 atom stereocenters. The van der Waals surface area contributed by atoms with Crippen LogP contribution in [0.1, 0.15) is 24.0 Å². The molecule has 16 heavy (non-hydrogen) atoms. The summed E-state index contributed by atoms with van der Waals surface area (Å²) < 4.78 is 0. The molecule has 0 unspecified atom stereocenters. The molecule has 0 radical (unpaired) electrons. The summed E-state index contributed by atoms with van der Waals surface area (Å²) in [5, 5.41) is 19.9. The van der Waals surface area contributed by atoms with Gasteiger partial charge in [-0.1, -0.05) is 12.1 Å². The zero-order chi connectivity index (χ0) is 11.8. The highest BCUT2D eigenvalue weighted by molar-refractivity contribution is 5.75. The van der Waals surface area contributed by atoms with E-state index in [2.05, 4.69) is 5.32 Å². The maximum Gasteiger partial charge on any atom is 0.220 e. The van der Waals surface area contributed by atoms with E-state index in [1.54, 1.807) is 12.1 Å². The molecule has 0 bridgehead atoms. The van der Waals surface area contributed by atoms with Gasteiger partial charge in [0.1, 0.15) is 0 Å². The second-order valence-electron chi connectivity index (χ2n) is 3.41. The average Bonchev–Trinajstić information content (AvgIpc) is 2.34. The Labute approximate surface area is 94.5 Å². The maximum atomic E-state index is 11.2. The molecule has 4 heteroatoms. The number of rotatable bonds is 5. The van der Waals surface area contributed by atoms with Crippen molar-refractivity contribution < 1.29 is 9.90 Å². The Balaban J connectivity index is 2.37. The fourth-order valence-corrected chi connectivity index (χ4v) is 1.23. The summed E-state index contributed by atoms with van der Waals surface area (Å²) in [4.78, 5) is 11.2. The molecule has 1 amide bonds. The summed E-state index contributed by atoms with van der Waals surface area (Å²) in [6.07, 6.45) is 0.825. The first-order valence-corrected chi connectivity index (χ1v) is 5.13. The fourth-order valence-electron chi connectivity index (χ4n) is 1.23. The van der Waals surface area contributed by atoms with Crippen LogP contribution >= 0.6 is 0 Å². The molecule has 0 saturated carbocycles. The number of hydrogen-bond acceptors (Lipinski definition) is 3. The van der Waals surface area contributed by atoms with Gasteiger partial charge in [0.15, 0.2) is 0 Å². The second kappa shape index (κ2) is 6.59. The van der Waals surface area contributed by atoms with Crippen molar-refractivity contribution >= 4 is 5.91 Å². The Morgan fingerprint density at radius 2 is 2.06 bits per heavy atom. The van der Waals surface area contributed by atoms with Gasteiger partial charge < -0.3 is 10.4 Å². The van der Waals surface area contributed by atoms with Gasteiger partial charge in [0.05, 0.1) is 11.6 Å². The Bertz CT molecular complexity index is 379. The molecule has 0 aromatic heterocycles. The molecule has 1 rings (SSSR count). The van der Waals surface area contributed by atoms with Gasteiger partial charge in [-0.25, -0.2) is 0 Å². The van der Waals surface area contributed by atoms with Gasteiger partial charge in [0.25, 0.3) is 0 Å². The predicted octanol–water partition coefficient (Wildman–Crippen LogP) is 0.947. The topological polar surface area (TPSA) is 73.1 Å². The Morgan fingerprint density at radius 1 is 1.38 bits per heavy atom. The molecule has 0 saturated heterocycles. The zero-order valence-corrected chi connectivity index (χ0v) is 8.94. The number of nitriles is 1. The van der Waals surface area contributed by atoms with Crippen LogP contribution in [0.4, 0.5) is 0 Å². The minimum atomic E-state index is -0.0709. The monoisotopic (exact) mass is 218 g/mol. The van der Waals surface area contributed by atoms with Crippen molar-refractivity contribution in [3.63, 3.8) is 0 Å². The smallest absolute Gasteiger partial charge is 0.220 e. The summed E-state index contributed by atoms with van der Waals surface area (Å²) in [7, 11) is 0. The highest BCUT2D eigenvalue weighted by atomic mass is 16.3. The van der Waals surface area contributed by atoms with E-state index in [0.29, 0.717) is 24.9 Å². The quantitative estimate of drug-likeness (QED) is 0.772. The summed E-state index contributed by atoms with van der Waals surface area (Å²) in [5.74, 6) is -0.0709. The third kappa shape index (κ3) is 4.11. The van der Waals surface area contributed by atoms with Crippen molar-refractivity contribution in [3.8, 4) is 6.07 Å². The molecule has 2 N–H and O–H groups in total. The largest absolute Gasteiger partial charge is 0.396 e. The van der Waals surface area contributed by atoms with Crippen LogP contribution in [-0.4, -0.2) is 17.6 Å². The minimum absolute atomic E-state index is 0.0320. The number of carbonyl (C=O) groups is 1. The number of nitrogens with zero attached hydrogens (tertiary/aromatic N) is 1. The molecule has 0 fully saturated rings. The molecular weight excluding hydrogens is 204 g/mol. The van der Waals surface area contributed by atoms with Crippen molar-refractivity contribution in [2.75, 3.05) is 6.61 Å². The van der Waals surface area contributed by atoms with Crippen LogP contribution in [0.3, 0.4) is 0 Å². The minimum Gasteiger partial charge on any atom is -0.396 e. The number of carbonyl (C=O) groups excluding carboxylic acids is 1. The predicted molar refractivity (Wildman–Crippen MR) is 59.3 cm³/mol. The second-order valence-corrected chi connectivity index (χ2v) is 3.41. The van der Waals surface area contributed by atoms with E-state index in [0.717, 1.165) is 5.56 Å². The van der Waals surface area contributed by atoms with E-state index in [1.807, 2.05) is 18.2 Å². The van der Waals surface area contributed by atoms with E-state index in [1.165, 1.54) is 0 Å². The van der Waals surface area contributed by atoms with E-state index < -0.39 is 0 Å². The molecule has 0 heterocycles. The molecule has 1 aromatic carbocycles. The van der Waals surface area contributed by atoms with Crippen LogP contribution in [0.25, 0.3) is 0 Å². The van der Waals surface area contributed by atoms with Gasteiger partial charge in [-0.3, -0.25) is 4.79 Å². The molecule has 84 valence electrons. The number of nitrogens with one attached hydrogen (secondary N) is 1. The zero-order valence-electron chi connectivity index (χ0n) is 8.94. The third-order valence-electron chi connectivity index (χ3n) is 2.13. The maximum absolute atomic E-state index is 11.2. The van der Waals surface area contributed by atoms with Crippen molar-refractivity contribution in [1.82, 2.24) is 5.32 Å². The molecular formula is C12H14N2O2. The van der Waals surface area contributed by atoms with Crippen molar-refractivity contribution in [2.45, 2.75) is 19.4 Å².